The molecule has 2 aromatic rings. The zero-order valence-electron chi connectivity index (χ0n) is 15.6. The number of ether oxygens (including phenoxy) is 5. The molecular formula is C21H20O6. The molecule has 27 heavy (non-hydrogen) atoms. The summed E-state index contributed by atoms with van der Waals surface area (Å²) in [5.74, 6) is 2.44. The summed E-state index contributed by atoms with van der Waals surface area (Å²) in [6.07, 6.45) is 3.01. The van der Waals surface area contributed by atoms with Crippen molar-refractivity contribution >= 4 is 11.5 Å². The predicted molar refractivity (Wildman–Crippen MR) is 100 cm³/mol. The third-order valence-electron chi connectivity index (χ3n) is 4.18. The molecule has 0 spiro atoms. The lowest BCUT2D eigenvalue weighted by atomic mass is 9.94. The van der Waals surface area contributed by atoms with Crippen LogP contribution in [0.4, 0.5) is 0 Å². The Morgan fingerprint density at radius 1 is 0.741 bits per heavy atom. The van der Waals surface area contributed by atoms with Crippen molar-refractivity contribution in [1.29, 1.82) is 0 Å². The molecule has 0 unspecified atom stereocenters. The maximum absolute atomic E-state index is 11.7. The van der Waals surface area contributed by atoms with Crippen LogP contribution in [0.3, 0.4) is 0 Å². The van der Waals surface area contributed by atoms with E-state index in [1.807, 2.05) is 24.3 Å². The Labute approximate surface area is 157 Å². The van der Waals surface area contributed by atoms with E-state index >= 15 is 0 Å². The van der Waals surface area contributed by atoms with Crippen LogP contribution in [-0.4, -0.2) is 34.4 Å². The van der Waals surface area contributed by atoms with Gasteiger partial charge in [0.15, 0.2) is 0 Å². The number of esters is 1. The molecule has 0 amide bonds. The number of benzene rings is 2. The van der Waals surface area contributed by atoms with Gasteiger partial charge in [0.1, 0.15) is 28.8 Å². The first kappa shape index (κ1) is 18.4. The fourth-order valence-electron chi connectivity index (χ4n) is 2.88. The molecule has 0 aromatic heterocycles. The van der Waals surface area contributed by atoms with E-state index in [2.05, 4.69) is 0 Å². The first-order chi connectivity index (χ1) is 13.1. The van der Waals surface area contributed by atoms with Gasteiger partial charge in [-0.05, 0) is 30.3 Å². The topological polar surface area (TPSA) is 63.2 Å². The number of hydrogen-bond acceptors (Lipinski definition) is 6. The molecule has 1 heterocycles. The molecule has 0 bridgehead atoms. The normalized spacial score (nSPS) is 12.6. The van der Waals surface area contributed by atoms with Gasteiger partial charge < -0.3 is 23.7 Å². The standard InChI is InChI=1S/C21H20O6/c1-23-13-5-7-15(18(11-13)25-3)21(17-9-10-20(22)27-17)16-8-6-14(24-2)12-19(16)26-4/h5-12H,1-4H3. The Morgan fingerprint density at radius 3 is 1.63 bits per heavy atom. The zero-order valence-corrected chi connectivity index (χ0v) is 15.6. The van der Waals surface area contributed by atoms with Gasteiger partial charge in [-0.1, -0.05) is 0 Å². The Morgan fingerprint density at radius 2 is 1.26 bits per heavy atom. The fourth-order valence-corrected chi connectivity index (χ4v) is 2.88. The van der Waals surface area contributed by atoms with Gasteiger partial charge in [0.05, 0.1) is 28.4 Å². The van der Waals surface area contributed by atoms with Crippen molar-refractivity contribution in [1.82, 2.24) is 0 Å². The van der Waals surface area contributed by atoms with Crippen LogP contribution >= 0.6 is 0 Å². The SMILES string of the molecule is COc1ccc(C(=C2C=CC(=O)O2)c2ccc(OC)cc2OC)c(OC)c1. The van der Waals surface area contributed by atoms with Crippen LogP contribution in [0.15, 0.2) is 54.3 Å². The highest BCUT2D eigenvalue weighted by atomic mass is 16.5. The van der Waals surface area contributed by atoms with Gasteiger partial charge in [-0.2, -0.15) is 0 Å². The van der Waals surface area contributed by atoms with Gasteiger partial charge in [-0.15, -0.1) is 0 Å². The van der Waals surface area contributed by atoms with E-state index in [0.29, 0.717) is 34.3 Å². The first-order valence-corrected chi connectivity index (χ1v) is 8.20. The zero-order chi connectivity index (χ0) is 19.4. The monoisotopic (exact) mass is 368 g/mol. The highest BCUT2D eigenvalue weighted by molar-refractivity contribution is 5.94. The molecule has 0 aliphatic carbocycles. The summed E-state index contributed by atoms with van der Waals surface area (Å²) >= 11 is 0. The molecule has 6 nitrogen and oxygen atoms in total. The molecular weight excluding hydrogens is 348 g/mol. The Kier molecular flexibility index (Phi) is 5.35. The molecule has 0 atom stereocenters. The third kappa shape index (κ3) is 3.60. The third-order valence-corrected chi connectivity index (χ3v) is 4.18. The van der Waals surface area contributed by atoms with E-state index in [-0.39, 0.29) is 0 Å². The van der Waals surface area contributed by atoms with Crippen LogP contribution in [0.25, 0.3) is 5.57 Å². The van der Waals surface area contributed by atoms with Crippen molar-refractivity contribution in [3.63, 3.8) is 0 Å². The van der Waals surface area contributed by atoms with Gasteiger partial charge >= 0.3 is 5.97 Å². The number of carbonyl (C=O) groups is 1. The maximum atomic E-state index is 11.7. The number of hydrogen-bond donors (Lipinski definition) is 0. The van der Waals surface area contributed by atoms with Crippen LogP contribution in [0.1, 0.15) is 11.1 Å². The molecule has 6 heteroatoms. The summed E-state index contributed by atoms with van der Waals surface area (Å²) in [6.45, 7) is 0. The molecule has 0 N–H and O–H groups in total. The van der Waals surface area contributed by atoms with E-state index in [1.54, 1.807) is 46.6 Å². The second-order valence-electron chi connectivity index (χ2n) is 5.63. The van der Waals surface area contributed by atoms with Crippen LogP contribution in [0.2, 0.25) is 0 Å². The minimum absolute atomic E-state index is 0.409. The minimum Gasteiger partial charge on any atom is -0.497 e. The minimum atomic E-state index is -0.428. The van der Waals surface area contributed by atoms with Crippen LogP contribution in [0, 0.1) is 0 Å². The van der Waals surface area contributed by atoms with E-state index < -0.39 is 5.97 Å². The number of carbonyl (C=O) groups excluding carboxylic acids is 1. The summed E-state index contributed by atoms with van der Waals surface area (Å²) in [5.41, 5.74) is 2.13. The Balaban J connectivity index is 2.27. The molecule has 0 saturated carbocycles. The molecule has 1 aliphatic heterocycles. The molecule has 0 radical (unpaired) electrons. The van der Waals surface area contributed by atoms with E-state index in [0.717, 1.165) is 11.1 Å². The average molecular weight is 368 g/mol. The number of allylic oxidation sites excluding steroid dienone is 1. The second kappa shape index (κ2) is 7.86. The van der Waals surface area contributed by atoms with Gasteiger partial charge in [0.2, 0.25) is 0 Å². The van der Waals surface area contributed by atoms with Gasteiger partial charge in [-0.3, -0.25) is 0 Å². The van der Waals surface area contributed by atoms with Crippen molar-refractivity contribution in [3.05, 3.63) is 65.4 Å². The van der Waals surface area contributed by atoms with Crippen molar-refractivity contribution in [3.8, 4) is 23.0 Å². The van der Waals surface area contributed by atoms with Gasteiger partial charge in [-0.25, -0.2) is 4.79 Å². The number of cyclic esters (lactones) is 1. The van der Waals surface area contributed by atoms with Gasteiger partial charge in [0.25, 0.3) is 0 Å². The summed E-state index contributed by atoms with van der Waals surface area (Å²) in [7, 11) is 6.31. The number of methoxy groups -OCH3 is 4. The van der Waals surface area contributed by atoms with Crippen LogP contribution in [-0.2, 0) is 9.53 Å². The summed E-state index contributed by atoms with van der Waals surface area (Å²) in [5, 5.41) is 0. The molecule has 2 aromatic carbocycles. The molecule has 3 rings (SSSR count). The molecule has 1 aliphatic rings. The van der Waals surface area contributed by atoms with Crippen LogP contribution in [0.5, 0.6) is 23.0 Å². The van der Waals surface area contributed by atoms with Gasteiger partial charge in [0, 0.05) is 34.9 Å². The Hall–Kier alpha value is -3.41. The molecule has 0 saturated heterocycles. The summed E-state index contributed by atoms with van der Waals surface area (Å²) < 4.78 is 27.1. The summed E-state index contributed by atoms with van der Waals surface area (Å²) in [4.78, 5) is 11.7. The van der Waals surface area contributed by atoms with E-state index in [1.165, 1.54) is 6.08 Å². The maximum Gasteiger partial charge on any atom is 0.336 e. The van der Waals surface area contributed by atoms with Crippen LogP contribution < -0.4 is 18.9 Å². The van der Waals surface area contributed by atoms with E-state index in [9.17, 15) is 4.79 Å². The average Bonchev–Trinajstić information content (AvgIpc) is 3.14. The largest absolute Gasteiger partial charge is 0.497 e. The summed E-state index contributed by atoms with van der Waals surface area (Å²) in [6, 6.07) is 10.9. The fraction of sp³-hybridized carbons (Fsp3) is 0.190. The lowest BCUT2D eigenvalue weighted by Gasteiger charge is -2.18. The van der Waals surface area contributed by atoms with Crippen molar-refractivity contribution in [2.24, 2.45) is 0 Å². The van der Waals surface area contributed by atoms with Crippen molar-refractivity contribution < 1.29 is 28.5 Å². The van der Waals surface area contributed by atoms with E-state index in [4.69, 9.17) is 23.7 Å². The second-order valence-corrected chi connectivity index (χ2v) is 5.63. The highest BCUT2D eigenvalue weighted by Crippen LogP contribution is 2.41. The van der Waals surface area contributed by atoms with Crippen molar-refractivity contribution in [2.75, 3.05) is 28.4 Å². The lowest BCUT2D eigenvalue weighted by Crippen LogP contribution is -2.02. The van der Waals surface area contributed by atoms with Crippen molar-refractivity contribution in [2.45, 2.75) is 0 Å². The highest BCUT2D eigenvalue weighted by Gasteiger charge is 2.24. The number of rotatable bonds is 6. The predicted octanol–water partition coefficient (Wildman–Crippen LogP) is 3.59. The lowest BCUT2D eigenvalue weighted by molar-refractivity contribution is -0.132. The quantitative estimate of drug-likeness (QED) is 0.726. The molecule has 0 fully saturated rings. The Bertz CT molecular complexity index is 869. The molecule has 140 valence electrons. The first-order valence-electron chi connectivity index (χ1n) is 8.20. The smallest absolute Gasteiger partial charge is 0.336 e.